The Hall–Kier alpha value is -3.41. The van der Waals surface area contributed by atoms with E-state index in [0.29, 0.717) is 28.8 Å². The number of nitrogens with zero attached hydrogens (tertiary/aromatic N) is 8. The highest BCUT2D eigenvalue weighted by Crippen LogP contribution is 2.26. The Morgan fingerprint density at radius 2 is 1.91 bits per heavy atom. The van der Waals surface area contributed by atoms with Gasteiger partial charge in [-0.2, -0.15) is 9.67 Å². The van der Waals surface area contributed by atoms with Crippen LogP contribution in [0.25, 0.3) is 16.9 Å². The number of nitrogens with one attached hydrogen (secondary N) is 1. The van der Waals surface area contributed by atoms with Crippen molar-refractivity contribution in [2.75, 3.05) is 23.7 Å². The lowest BCUT2D eigenvalue weighted by Crippen LogP contribution is -2.35. The third kappa shape index (κ3) is 4.25. The summed E-state index contributed by atoms with van der Waals surface area (Å²) >= 11 is 1.57. The first-order valence-corrected chi connectivity index (χ1v) is 12.4. The molecule has 178 valence electrons. The number of rotatable bonds is 7. The molecule has 4 aromatic rings. The Kier molecular flexibility index (Phi) is 6.22. The number of fused-ring (bicyclic) bond motifs is 1. The number of aromatic amines is 1. The fraction of sp³-hybridized carbons (Fsp3) is 0.455. The van der Waals surface area contributed by atoms with E-state index in [4.69, 9.17) is 4.98 Å². The van der Waals surface area contributed by atoms with Gasteiger partial charge in [-0.3, -0.25) is 14.3 Å². The summed E-state index contributed by atoms with van der Waals surface area (Å²) < 4.78 is 5.09. The van der Waals surface area contributed by atoms with Gasteiger partial charge in [0.05, 0.1) is 5.69 Å². The predicted octanol–water partition coefficient (Wildman–Crippen LogP) is 1.82. The molecule has 0 aliphatic carbocycles. The van der Waals surface area contributed by atoms with Crippen LogP contribution in [0.15, 0.2) is 45.1 Å². The van der Waals surface area contributed by atoms with Crippen LogP contribution in [0.3, 0.4) is 0 Å². The largest absolute Gasteiger partial charge is 0.342 e. The average molecular weight is 482 g/mol. The second-order valence-electron chi connectivity index (χ2n) is 8.63. The van der Waals surface area contributed by atoms with E-state index < -0.39 is 11.2 Å². The topological polar surface area (TPSA) is 120 Å². The summed E-state index contributed by atoms with van der Waals surface area (Å²) in [7, 11) is 1.64. The number of piperidine rings is 1. The van der Waals surface area contributed by atoms with Crippen molar-refractivity contribution in [3.05, 3.63) is 51.2 Å². The van der Waals surface area contributed by atoms with Crippen molar-refractivity contribution >= 4 is 28.9 Å². The second-order valence-corrected chi connectivity index (χ2v) is 9.70. The molecule has 0 spiro atoms. The molecule has 0 bridgehead atoms. The van der Waals surface area contributed by atoms with E-state index >= 15 is 0 Å². The number of tetrazole rings is 1. The van der Waals surface area contributed by atoms with E-state index in [2.05, 4.69) is 32.3 Å². The third-order valence-corrected chi connectivity index (χ3v) is 7.26. The molecular weight excluding hydrogens is 454 g/mol. The number of thioether (sulfide) groups is 1. The number of hydrogen-bond donors (Lipinski definition) is 1. The predicted molar refractivity (Wildman–Crippen MR) is 131 cm³/mol. The second kappa shape index (κ2) is 9.45. The van der Waals surface area contributed by atoms with Crippen molar-refractivity contribution in [3.63, 3.8) is 0 Å². The van der Waals surface area contributed by atoms with Crippen molar-refractivity contribution in [1.29, 1.82) is 0 Å². The van der Waals surface area contributed by atoms with Crippen molar-refractivity contribution < 1.29 is 0 Å². The maximum atomic E-state index is 12.8. The molecule has 0 amide bonds. The lowest BCUT2D eigenvalue weighted by atomic mass is 10.00. The summed E-state index contributed by atoms with van der Waals surface area (Å²) in [6.45, 7) is 4.63. The zero-order valence-electron chi connectivity index (χ0n) is 19.2. The SMILES string of the molecule is CC1CCN(c2nc3c(c(=O)[nH]c(=O)n3C)n2CCCSc2nnnn2-c2ccccc2)CC1. The van der Waals surface area contributed by atoms with E-state index in [1.807, 2.05) is 34.9 Å². The molecule has 1 aromatic carbocycles. The Morgan fingerprint density at radius 3 is 2.68 bits per heavy atom. The summed E-state index contributed by atoms with van der Waals surface area (Å²) in [5.74, 6) is 2.19. The van der Waals surface area contributed by atoms with Gasteiger partial charge in [0.1, 0.15) is 0 Å². The normalized spacial score (nSPS) is 14.8. The van der Waals surface area contributed by atoms with Crippen LogP contribution in [-0.4, -0.2) is 58.2 Å². The first-order chi connectivity index (χ1) is 16.5. The minimum absolute atomic E-state index is 0.400. The van der Waals surface area contributed by atoms with Gasteiger partial charge in [-0.25, -0.2) is 4.79 Å². The molecule has 11 nitrogen and oxygen atoms in total. The maximum absolute atomic E-state index is 12.8. The van der Waals surface area contributed by atoms with Crippen LogP contribution in [0.4, 0.5) is 5.95 Å². The smallest absolute Gasteiger partial charge is 0.329 e. The van der Waals surface area contributed by atoms with E-state index in [9.17, 15) is 9.59 Å². The number of para-hydroxylation sites is 1. The van der Waals surface area contributed by atoms with Gasteiger partial charge < -0.3 is 9.47 Å². The molecule has 0 unspecified atom stereocenters. The molecule has 3 aromatic heterocycles. The van der Waals surface area contributed by atoms with Crippen molar-refractivity contribution in [3.8, 4) is 5.69 Å². The van der Waals surface area contributed by atoms with E-state index in [0.717, 1.165) is 49.7 Å². The standard InChI is InChI=1S/C22H27N9O2S/c1-15-9-12-29(13-10-15)20-23-18-17(19(32)24-21(33)28(18)2)30(20)11-6-14-34-22-25-26-27-31(22)16-7-4-3-5-8-16/h3-5,7-8,15H,6,9-14H2,1-2H3,(H,24,32,33). The van der Waals surface area contributed by atoms with Crippen LogP contribution in [-0.2, 0) is 13.6 Å². The number of hydrogen-bond acceptors (Lipinski definition) is 8. The first-order valence-electron chi connectivity index (χ1n) is 11.4. The molecule has 1 fully saturated rings. The molecule has 34 heavy (non-hydrogen) atoms. The van der Waals surface area contributed by atoms with Crippen molar-refractivity contribution in [2.24, 2.45) is 13.0 Å². The van der Waals surface area contributed by atoms with Crippen molar-refractivity contribution in [2.45, 2.75) is 37.9 Å². The lowest BCUT2D eigenvalue weighted by molar-refractivity contribution is 0.431. The van der Waals surface area contributed by atoms with Crippen LogP contribution >= 0.6 is 11.8 Å². The highest BCUT2D eigenvalue weighted by Gasteiger charge is 2.24. The Bertz CT molecular complexity index is 1400. The minimum atomic E-state index is -0.454. The van der Waals surface area contributed by atoms with Crippen LogP contribution in [0.5, 0.6) is 0 Å². The van der Waals surface area contributed by atoms with Crippen LogP contribution in [0, 0.1) is 5.92 Å². The van der Waals surface area contributed by atoms with Gasteiger partial charge in [0.2, 0.25) is 11.1 Å². The molecule has 12 heteroatoms. The van der Waals surface area contributed by atoms with Crippen LogP contribution in [0.1, 0.15) is 26.2 Å². The number of aromatic nitrogens is 8. The molecule has 5 rings (SSSR count). The monoisotopic (exact) mass is 481 g/mol. The highest BCUT2D eigenvalue weighted by molar-refractivity contribution is 7.99. The molecule has 1 saturated heterocycles. The van der Waals surface area contributed by atoms with Gasteiger partial charge in [-0.15, -0.1) is 5.10 Å². The average Bonchev–Trinajstić information content (AvgIpc) is 3.47. The van der Waals surface area contributed by atoms with Crippen LogP contribution in [0.2, 0.25) is 0 Å². The number of imidazole rings is 1. The summed E-state index contributed by atoms with van der Waals surface area (Å²) in [5.41, 5.74) is 0.912. The van der Waals surface area contributed by atoms with Gasteiger partial charge in [0.25, 0.3) is 5.56 Å². The number of anilines is 1. The molecule has 0 radical (unpaired) electrons. The van der Waals surface area contributed by atoms with Gasteiger partial charge >= 0.3 is 5.69 Å². The quantitative estimate of drug-likeness (QED) is 0.314. The zero-order valence-corrected chi connectivity index (χ0v) is 20.0. The fourth-order valence-corrected chi connectivity index (χ4v) is 5.09. The van der Waals surface area contributed by atoms with Gasteiger partial charge in [0, 0.05) is 32.4 Å². The van der Waals surface area contributed by atoms with Gasteiger partial charge in [-0.1, -0.05) is 36.9 Å². The maximum Gasteiger partial charge on any atom is 0.329 e. The summed E-state index contributed by atoms with van der Waals surface area (Å²) in [5, 5.41) is 12.8. The van der Waals surface area contributed by atoms with E-state index in [1.165, 1.54) is 4.57 Å². The molecule has 1 aliphatic heterocycles. The van der Waals surface area contributed by atoms with Gasteiger partial charge in [-0.05, 0) is 47.7 Å². The first kappa shape index (κ1) is 22.4. The lowest BCUT2D eigenvalue weighted by Gasteiger charge is -2.31. The Balaban J connectivity index is 1.38. The molecule has 0 saturated carbocycles. The van der Waals surface area contributed by atoms with Crippen molar-refractivity contribution in [1.82, 2.24) is 39.3 Å². The molecule has 1 N–H and O–H groups in total. The zero-order chi connectivity index (χ0) is 23.7. The molecule has 4 heterocycles. The van der Waals surface area contributed by atoms with E-state index in [1.54, 1.807) is 23.5 Å². The summed E-state index contributed by atoms with van der Waals surface area (Å²) in [4.78, 5) is 34.3. The summed E-state index contributed by atoms with van der Waals surface area (Å²) in [6, 6.07) is 9.77. The summed E-state index contributed by atoms with van der Waals surface area (Å²) in [6.07, 6.45) is 2.93. The third-order valence-electron chi connectivity index (χ3n) is 6.25. The Morgan fingerprint density at radius 1 is 1.15 bits per heavy atom. The molecular formula is C22H27N9O2S. The molecule has 0 atom stereocenters. The number of aryl methyl sites for hydroxylation is 2. The van der Waals surface area contributed by atoms with E-state index in [-0.39, 0.29) is 0 Å². The minimum Gasteiger partial charge on any atom is -0.342 e. The Labute approximate surface area is 199 Å². The fourth-order valence-electron chi connectivity index (χ4n) is 4.27. The highest BCUT2D eigenvalue weighted by atomic mass is 32.2. The number of benzene rings is 1. The number of H-pyrrole nitrogens is 1. The van der Waals surface area contributed by atoms with Gasteiger partial charge in [0.15, 0.2) is 11.2 Å². The molecule has 1 aliphatic rings. The van der Waals surface area contributed by atoms with Crippen LogP contribution < -0.4 is 16.1 Å².